The van der Waals surface area contributed by atoms with Crippen LogP contribution in [0.2, 0.25) is 0 Å². The summed E-state index contributed by atoms with van der Waals surface area (Å²) < 4.78 is 10.1. The Morgan fingerprint density at radius 1 is 1.35 bits per heavy atom. The molecule has 0 radical (unpaired) electrons. The number of carbonyl (C=O) groups excluding carboxylic acids is 1. The summed E-state index contributed by atoms with van der Waals surface area (Å²) in [5, 5.41) is 3.75. The van der Waals surface area contributed by atoms with Crippen LogP contribution in [0.1, 0.15) is 21.8 Å². The van der Waals surface area contributed by atoms with Gasteiger partial charge < -0.3 is 14.2 Å². The SMILES string of the molecule is COCCN(Cc1ccccc1)C(=O)c1cc(C)no1. The minimum atomic E-state index is -0.175. The van der Waals surface area contributed by atoms with Gasteiger partial charge in [0.2, 0.25) is 5.76 Å². The van der Waals surface area contributed by atoms with Crippen LogP contribution in [-0.2, 0) is 11.3 Å². The lowest BCUT2D eigenvalue weighted by Crippen LogP contribution is -2.33. The average Bonchev–Trinajstić information content (AvgIpc) is 2.90. The van der Waals surface area contributed by atoms with Gasteiger partial charge in [-0.3, -0.25) is 4.79 Å². The first-order valence-corrected chi connectivity index (χ1v) is 6.46. The van der Waals surface area contributed by atoms with Gasteiger partial charge in [-0.15, -0.1) is 0 Å². The second-order valence-electron chi connectivity index (χ2n) is 4.54. The fourth-order valence-electron chi connectivity index (χ4n) is 1.88. The highest BCUT2D eigenvalue weighted by Gasteiger charge is 2.19. The molecule has 0 unspecified atom stereocenters. The van der Waals surface area contributed by atoms with E-state index in [0.717, 1.165) is 5.56 Å². The molecule has 2 aromatic rings. The molecule has 2 rings (SSSR count). The van der Waals surface area contributed by atoms with Crippen molar-refractivity contribution < 1.29 is 14.1 Å². The van der Waals surface area contributed by atoms with Gasteiger partial charge in [0.15, 0.2) is 0 Å². The number of ether oxygens (including phenoxy) is 1. The molecule has 0 bridgehead atoms. The summed E-state index contributed by atoms with van der Waals surface area (Å²) in [6.07, 6.45) is 0. The molecular formula is C15H18N2O3. The number of rotatable bonds is 6. The number of nitrogens with zero attached hydrogens (tertiary/aromatic N) is 2. The van der Waals surface area contributed by atoms with Gasteiger partial charge in [0.25, 0.3) is 5.91 Å². The molecule has 0 aliphatic heterocycles. The summed E-state index contributed by atoms with van der Waals surface area (Å²) >= 11 is 0. The molecule has 1 heterocycles. The fraction of sp³-hybridized carbons (Fsp3) is 0.333. The van der Waals surface area contributed by atoms with Crippen molar-refractivity contribution in [1.29, 1.82) is 0 Å². The van der Waals surface area contributed by atoms with Crippen molar-refractivity contribution in [1.82, 2.24) is 10.1 Å². The van der Waals surface area contributed by atoms with E-state index in [-0.39, 0.29) is 11.7 Å². The molecule has 106 valence electrons. The molecule has 5 heteroatoms. The smallest absolute Gasteiger partial charge is 0.292 e. The van der Waals surface area contributed by atoms with Crippen LogP contribution >= 0.6 is 0 Å². The van der Waals surface area contributed by atoms with Gasteiger partial charge in [-0.1, -0.05) is 35.5 Å². The van der Waals surface area contributed by atoms with Gasteiger partial charge in [0.05, 0.1) is 12.3 Å². The van der Waals surface area contributed by atoms with Crippen molar-refractivity contribution in [2.75, 3.05) is 20.3 Å². The number of hydrogen-bond acceptors (Lipinski definition) is 4. The Bertz CT molecular complexity index is 551. The van der Waals surface area contributed by atoms with E-state index in [2.05, 4.69) is 5.16 Å². The van der Waals surface area contributed by atoms with Crippen molar-refractivity contribution in [2.45, 2.75) is 13.5 Å². The zero-order valence-corrected chi connectivity index (χ0v) is 11.7. The molecule has 0 saturated carbocycles. The predicted molar refractivity (Wildman–Crippen MR) is 74.3 cm³/mol. The third-order valence-corrected chi connectivity index (χ3v) is 2.91. The van der Waals surface area contributed by atoms with Crippen molar-refractivity contribution in [3.8, 4) is 0 Å². The Balaban J connectivity index is 2.12. The monoisotopic (exact) mass is 274 g/mol. The number of amides is 1. The first kappa shape index (κ1) is 14.3. The quantitative estimate of drug-likeness (QED) is 0.811. The molecule has 1 amide bonds. The molecule has 0 saturated heterocycles. The number of aryl methyl sites for hydroxylation is 1. The zero-order valence-electron chi connectivity index (χ0n) is 11.7. The summed E-state index contributed by atoms with van der Waals surface area (Å²) in [5.41, 5.74) is 1.76. The lowest BCUT2D eigenvalue weighted by atomic mass is 10.2. The lowest BCUT2D eigenvalue weighted by Gasteiger charge is -2.21. The van der Waals surface area contributed by atoms with Crippen molar-refractivity contribution in [3.05, 3.63) is 53.4 Å². The fourth-order valence-corrected chi connectivity index (χ4v) is 1.88. The maximum Gasteiger partial charge on any atom is 0.292 e. The topological polar surface area (TPSA) is 55.6 Å². The van der Waals surface area contributed by atoms with E-state index >= 15 is 0 Å². The lowest BCUT2D eigenvalue weighted by molar-refractivity contribution is 0.0640. The third kappa shape index (κ3) is 3.68. The van der Waals surface area contributed by atoms with Gasteiger partial charge in [-0.2, -0.15) is 0 Å². The molecule has 1 aromatic heterocycles. The predicted octanol–water partition coefficient (Wildman–Crippen LogP) is 2.27. The van der Waals surface area contributed by atoms with E-state index in [1.807, 2.05) is 30.3 Å². The second-order valence-corrected chi connectivity index (χ2v) is 4.54. The molecule has 0 atom stereocenters. The molecule has 0 aliphatic carbocycles. The number of benzene rings is 1. The standard InChI is InChI=1S/C15H18N2O3/c1-12-10-14(20-16-12)15(18)17(8-9-19-2)11-13-6-4-3-5-7-13/h3-7,10H,8-9,11H2,1-2H3. The number of carbonyl (C=O) groups is 1. The summed E-state index contributed by atoms with van der Waals surface area (Å²) in [7, 11) is 1.61. The Morgan fingerprint density at radius 2 is 2.10 bits per heavy atom. The van der Waals surface area contributed by atoms with E-state index in [4.69, 9.17) is 9.26 Å². The van der Waals surface area contributed by atoms with Gasteiger partial charge in [0.1, 0.15) is 0 Å². The van der Waals surface area contributed by atoms with Crippen LogP contribution in [0.25, 0.3) is 0 Å². The molecule has 0 spiro atoms. The molecule has 0 N–H and O–H groups in total. The van der Waals surface area contributed by atoms with Crippen molar-refractivity contribution >= 4 is 5.91 Å². The van der Waals surface area contributed by atoms with Crippen LogP contribution in [0, 0.1) is 6.92 Å². The highest BCUT2D eigenvalue weighted by Crippen LogP contribution is 2.11. The molecule has 1 aromatic carbocycles. The molecule has 5 nitrogen and oxygen atoms in total. The maximum absolute atomic E-state index is 12.4. The van der Waals surface area contributed by atoms with Crippen LogP contribution in [0.5, 0.6) is 0 Å². The minimum Gasteiger partial charge on any atom is -0.383 e. The van der Waals surface area contributed by atoms with Crippen molar-refractivity contribution in [3.63, 3.8) is 0 Å². The van der Waals surface area contributed by atoms with Gasteiger partial charge >= 0.3 is 0 Å². The third-order valence-electron chi connectivity index (χ3n) is 2.91. The highest BCUT2D eigenvalue weighted by atomic mass is 16.5. The van der Waals surface area contributed by atoms with Crippen LogP contribution in [0.4, 0.5) is 0 Å². The summed E-state index contributed by atoms with van der Waals surface area (Å²) in [6, 6.07) is 11.5. The summed E-state index contributed by atoms with van der Waals surface area (Å²) in [6.45, 7) is 3.29. The number of aromatic nitrogens is 1. The van der Waals surface area contributed by atoms with Crippen LogP contribution < -0.4 is 0 Å². The normalized spacial score (nSPS) is 10.5. The maximum atomic E-state index is 12.4. The van der Waals surface area contributed by atoms with Gasteiger partial charge in [-0.05, 0) is 12.5 Å². The summed E-state index contributed by atoms with van der Waals surface area (Å²) in [4.78, 5) is 14.1. The van der Waals surface area contributed by atoms with E-state index in [0.29, 0.717) is 25.4 Å². The van der Waals surface area contributed by atoms with E-state index in [9.17, 15) is 4.79 Å². The van der Waals surface area contributed by atoms with Gasteiger partial charge in [-0.25, -0.2) is 0 Å². The second kappa shape index (κ2) is 6.86. The molecular weight excluding hydrogens is 256 g/mol. The van der Waals surface area contributed by atoms with Gasteiger partial charge in [0, 0.05) is 26.3 Å². The Labute approximate surface area is 118 Å². The molecule has 20 heavy (non-hydrogen) atoms. The van der Waals surface area contributed by atoms with Crippen LogP contribution in [-0.4, -0.2) is 36.2 Å². The van der Waals surface area contributed by atoms with E-state index < -0.39 is 0 Å². The van der Waals surface area contributed by atoms with Crippen molar-refractivity contribution in [2.24, 2.45) is 0 Å². The van der Waals surface area contributed by atoms with Crippen LogP contribution in [0.15, 0.2) is 40.9 Å². The van der Waals surface area contributed by atoms with E-state index in [1.54, 1.807) is 25.0 Å². The first-order chi connectivity index (χ1) is 9.70. The number of methoxy groups -OCH3 is 1. The van der Waals surface area contributed by atoms with Crippen LogP contribution in [0.3, 0.4) is 0 Å². The average molecular weight is 274 g/mol. The molecule has 0 fully saturated rings. The largest absolute Gasteiger partial charge is 0.383 e. The zero-order chi connectivity index (χ0) is 14.4. The Hall–Kier alpha value is -2.14. The summed E-state index contributed by atoms with van der Waals surface area (Å²) in [5.74, 6) is 0.0843. The number of hydrogen-bond donors (Lipinski definition) is 0. The first-order valence-electron chi connectivity index (χ1n) is 6.46. The highest BCUT2D eigenvalue weighted by molar-refractivity contribution is 5.91. The Morgan fingerprint density at radius 3 is 2.70 bits per heavy atom. The Kier molecular flexibility index (Phi) is 4.90. The van der Waals surface area contributed by atoms with E-state index in [1.165, 1.54) is 0 Å². The minimum absolute atomic E-state index is 0.175. The molecule has 0 aliphatic rings.